The van der Waals surface area contributed by atoms with Crippen molar-refractivity contribution in [2.24, 2.45) is 0 Å². The first-order valence-electron chi connectivity index (χ1n) is 3.95. The molecule has 1 rings (SSSR count). The van der Waals surface area contributed by atoms with Crippen LogP contribution in [0.15, 0.2) is 12.0 Å². The van der Waals surface area contributed by atoms with E-state index in [0.717, 1.165) is 6.20 Å². The number of nitrogens with one attached hydrogen (secondary N) is 1. The summed E-state index contributed by atoms with van der Waals surface area (Å²) in [6.07, 6.45) is -4.88. The minimum absolute atomic E-state index is 0.114. The molecule has 0 aromatic carbocycles. The van der Waals surface area contributed by atoms with Crippen molar-refractivity contribution in [1.82, 2.24) is 5.48 Å². The van der Waals surface area contributed by atoms with E-state index in [1.807, 2.05) is 0 Å². The van der Waals surface area contributed by atoms with Crippen LogP contribution in [0.2, 0.25) is 0 Å². The molecule has 1 aliphatic rings. The first kappa shape index (κ1) is 11.2. The van der Waals surface area contributed by atoms with Crippen LogP contribution in [-0.2, 0) is 9.57 Å². The predicted molar refractivity (Wildman–Crippen MR) is 43.3 cm³/mol. The minimum Gasteiger partial charge on any atom is -0.462 e. The van der Waals surface area contributed by atoms with Crippen LogP contribution in [-0.4, -0.2) is 52.1 Å². The lowest BCUT2D eigenvalue weighted by atomic mass is 10.0. The van der Waals surface area contributed by atoms with Gasteiger partial charge in [0, 0.05) is 0 Å². The Morgan fingerprint density at radius 1 is 1.29 bits per heavy atom. The second-order valence-electron chi connectivity index (χ2n) is 2.80. The molecular weight excluding hydrogens is 194 g/mol. The molecule has 1 heterocycles. The topological polar surface area (TPSA) is 111 Å². The molecule has 1 unspecified atom stereocenters. The van der Waals surface area contributed by atoms with Crippen molar-refractivity contribution in [3.8, 4) is 0 Å². The summed E-state index contributed by atoms with van der Waals surface area (Å²) >= 11 is 0. The van der Waals surface area contributed by atoms with E-state index in [1.54, 1.807) is 0 Å². The molecule has 1 fully saturated rings. The maximum atomic E-state index is 9.34. The third-order valence-corrected chi connectivity index (χ3v) is 1.83. The maximum Gasteiger partial charge on any atom is 0.226 e. The van der Waals surface area contributed by atoms with Crippen LogP contribution in [0.3, 0.4) is 0 Å². The van der Waals surface area contributed by atoms with Gasteiger partial charge in [0.2, 0.25) is 6.29 Å². The van der Waals surface area contributed by atoms with E-state index in [2.05, 4.69) is 10.3 Å². The largest absolute Gasteiger partial charge is 0.462 e. The van der Waals surface area contributed by atoms with E-state index in [-0.39, 0.29) is 5.76 Å². The van der Waals surface area contributed by atoms with Crippen molar-refractivity contribution < 1.29 is 30.0 Å². The normalized spacial score (nSPS) is 40.8. The molecular formula is C7H13NO6. The molecule has 0 bridgehead atoms. The Kier molecular flexibility index (Phi) is 3.67. The van der Waals surface area contributed by atoms with Gasteiger partial charge in [-0.2, -0.15) is 0 Å². The fourth-order valence-corrected chi connectivity index (χ4v) is 1.04. The lowest BCUT2D eigenvalue weighted by molar-refractivity contribution is -0.225. The van der Waals surface area contributed by atoms with Crippen LogP contribution >= 0.6 is 0 Å². The summed E-state index contributed by atoms with van der Waals surface area (Å²) in [7, 11) is 1.34. The van der Waals surface area contributed by atoms with Crippen LogP contribution in [0, 0.1) is 0 Å². The second-order valence-corrected chi connectivity index (χ2v) is 2.80. The number of rotatable bonds is 2. The standard InChI is InChI=1S/C7H13NO6/c1-13-8-2-3-4(9)5(10)6(11)7(12)14-3/h2,4-12H,1H3/t4-,5+,6-,7?/m1/s1. The highest BCUT2D eigenvalue weighted by Gasteiger charge is 2.40. The number of hydrogen-bond acceptors (Lipinski definition) is 7. The van der Waals surface area contributed by atoms with Gasteiger partial charge in [-0.3, -0.25) is 10.3 Å². The summed E-state index contributed by atoms with van der Waals surface area (Å²) in [4.78, 5) is 4.45. The van der Waals surface area contributed by atoms with Gasteiger partial charge < -0.3 is 25.2 Å². The zero-order valence-electron chi connectivity index (χ0n) is 7.49. The number of hydrogen-bond donors (Lipinski definition) is 5. The maximum absolute atomic E-state index is 9.34. The van der Waals surface area contributed by atoms with E-state index < -0.39 is 24.6 Å². The molecule has 0 radical (unpaired) electrons. The Hall–Kier alpha value is -0.860. The van der Waals surface area contributed by atoms with Crippen molar-refractivity contribution in [3.05, 3.63) is 12.0 Å². The number of aliphatic hydroxyl groups is 4. The molecule has 1 aliphatic heterocycles. The second kappa shape index (κ2) is 4.58. The van der Waals surface area contributed by atoms with Crippen molar-refractivity contribution in [2.45, 2.75) is 24.6 Å². The van der Waals surface area contributed by atoms with Gasteiger partial charge in [-0.25, -0.2) is 0 Å². The highest BCUT2D eigenvalue weighted by Crippen LogP contribution is 2.21. The smallest absolute Gasteiger partial charge is 0.226 e. The van der Waals surface area contributed by atoms with Crippen LogP contribution < -0.4 is 5.48 Å². The van der Waals surface area contributed by atoms with Crippen LogP contribution in [0.5, 0.6) is 0 Å². The minimum atomic E-state index is -1.57. The predicted octanol–water partition coefficient (Wildman–Crippen LogP) is -2.59. The molecule has 0 aromatic heterocycles. The Bertz CT molecular complexity index is 220. The van der Waals surface area contributed by atoms with Crippen LogP contribution in [0.1, 0.15) is 0 Å². The molecule has 0 aromatic rings. The average molecular weight is 207 g/mol. The van der Waals surface area contributed by atoms with E-state index in [0.29, 0.717) is 0 Å². The molecule has 14 heavy (non-hydrogen) atoms. The molecule has 82 valence electrons. The SMILES string of the molecule is CONC=C1OC(O)[C@H](O)[C@@H](O)[C@@H]1O. The monoisotopic (exact) mass is 207 g/mol. The van der Waals surface area contributed by atoms with Gasteiger partial charge in [0.15, 0.2) is 0 Å². The fourth-order valence-electron chi connectivity index (χ4n) is 1.04. The van der Waals surface area contributed by atoms with Crippen molar-refractivity contribution in [1.29, 1.82) is 0 Å². The first-order chi connectivity index (χ1) is 6.57. The van der Waals surface area contributed by atoms with E-state index in [9.17, 15) is 10.2 Å². The molecule has 4 atom stereocenters. The molecule has 0 amide bonds. The highest BCUT2D eigenvalue weighted by atomic mass is 16.6. The van der Waals surface area contributed by atoms with Gasteiger partial charge >= 0.3 is 0 Å². The van der Waals surface area contributed by atoms with Crippen molar-refractivity contribution >= 4 is 0 Å². The summed E-state index contributed by atoms with van der Waals surface area (Å²) in [6.45, 7) is 0. The summed E-state index contributed by atoms with van der Waals surface area (Å²) < 4.78 is 4.70. The molecule has 5 N–H and O–H groups in total. The molecule has 1 saturated heterocycles. The van der Waals surface area contributed by atoms with Gasteiger partial charge in [0.25, 0.3) is 0 Å². The van der Waals surface area contributed by atoms with Gasteiger partial charge in [-0.15, -0.1) is 0 Å². The third-order valence-electron chi connectivity index (χ3n) is 1.83. The number of hydroxylamine groups is 1. The molecule has 7 nitrogen and oxygen atoms in total. The average Bonchev–Trinajstić information content (AvgIpc) is 2.18. The van der Waals surface area contributed by atoms with Crippen molar-refractivity contribution in [2.75, 3.05) is 7.11 Å². The Labute approximate surface area is 80.1 Å². The van der Waals surface area contributed by atoms with E-state index >= 15 is 0 Å². The summed E-state index contributed by atoms with van der Waals surface area (Å²) in [6, 6.07) is 0. The van der Waals surface area contributed by atoms with Crippen LogP contribution in [0.25, 0.3) is 0 Å². The summed E-state index contributed by atoms with van der Waals surface area (Å²) in [5.41, 5.74) is 2.25. The van der Waals surface area contributed by atoms with Gasteiger partial charge in [0.05, 0.1) is 13.3 Å². The molecule has 0 spiro atoms. The Morgan fingerprint density at radius 2 is 1.93 bits per heavy atom. The van der Waals surface area contributed by atoms with Crippen LogP contribution in [0.4, 0.5) is 0 Å². The summed E-state index contributed by atoms with van der Waals surface area (Å²) in [5, 5.41) is 36.8. The molecule has 0 saturated carbocycles. The lowest BCUT2D eigenvalue weighted by Gasteiger charge is -2.34. The third kappa shape index (κ3) is 2.14. The van der Waals surface area contributed by atoms with E-state index in [1.165, 1.54) is 7.11 Å². The first-order valence-corrected chi connectivity index (χ1v) is 3.95. The van der Waals surface area contributed by atoms with Gasteiger partial charge in [0.1, 0.15) is 24.1 Å². The summed E-state index contributed by atoms with van der Waals surface area (Å²) in [5.74, 6) is -0.114. The lowest BCUT2D eigenvalue weighted by Crippen LogP contribution is -2.51. The highest BCUT2D eigenvalue weighted by molar-refractivity contribution is 5.06. The zero-order chi connectivity index (χ0) is 10.7. The Balaban J connectivity index is 2.70. The van der Waals surface area contributed by atoms with E-state index in [4.69, 9.17) is 14.9 Å². The Morgan fingerprint density at radius 3 is 2.50 bits per heavy atom. The number of aliphatic hydroxyl groups excluding tert-OH is 4. The van der Waals surface area contributed by atoms with Gasteiger partial charge in [-0.1, -0.05) is 0 Å². The quantitative estimate of drug-likeness (QED) is 0.316. The molecule has 7 heteroatoms. The molecule has 0 aliphatic carbocycles. The van der Waals surface area contributed by atoms with Crippen molar-refractivity contribution in [3.63, 3.8) is 0 Å². The number of ether oxygens (including phenoxy) is 1. The van der Waals surface area contributed by atoms with Gasteiger partial charge in [-0.05, 0) is 0 Å². The fraction of sp³-hybridized carbons (Fsp3) is 0.714. The zero-order valence-corrected chi connectivity index (χ0v) is 7.49.